The summed E-state index contributed by atoms with van der Waals surface area (Å²) in [5.74, 6) is 1.06. The van der Waals surface area contributed by atoms with Crippen LogP contribution in [0.15, 0.2) is 4.90 Å². The Morgan fingerprint density at radius 1 is 1.56 bits per heavy atom. The van der Waals surface area contributed by atoms with Gasteiger partial charge in [0.15, 0.2) is 0 Å². The highest BCUT2D eigenvalue weighted by molar-refractivity contribution is 7.89. The van der Waals surface area contributed by atoms with Crippen molar-refractivity contribution in [2.24, 2.45) is 0 Å². The third-order valence-electron chi connectivity index (χ3n) is 2.23. The van der Waals surface area contributed by atoms with Gasteiger partial charge < -0.3 is 5.11 Å². The van der Waals surface area contributed by atoms with Crippen molar-refractivity contribution < 1.29 is 18.3 Å². The minimum atomic E-state index is -3.77. The number of aryl methyl sites for hydroxylation is 1. The van der Waals surface area contributed by atoms with E-state index in [0.29, 0.717) is 0 Å². The molecule has 0 fully saturated rings. The summed E-state index contributed by atoms with van der Waals surface area (Å²) < 4.78 is 27.2. The van der Waals surface area contributed by atoms with Gasteiger partial charge in [0.1, 0.15) is 11.4 Å². The number of carboxylic acid groups (broad SMARTS) is 1. The largest absolute Gasteiger partial charge is 0.480 e. The number of hydrogen-bond acceptors (Lipinski definition) is 4. The van der Waals surface area contributed by atoms with Crippen molar-refractivity contribution in [2.75, 3.05) is 6.54 Å². The predicted octanol–water partition coefficient (Wildman–Crippen LogP) is -0.504. The van der Waals surface area contributed by atoms with E-state index in [0.717, 1.165) is 4.68 Å². The fourth-order valence-electron chi connectivity index (χ4n) is 1.56. The standard InChI is InChI=1S/C10H13N3O4S/c1-4-5-11-18(16,17)10-7(2)12-13(8(10)3)6-9(14)15/h1,11H,5-6H2,2-3H3,(H,14,15). The van der Waals surface area contributed by atoms with Gasteiger partial charge in [-0.1, -0.05) is 5.92 Å². The van der Waals surface area contributed by atoms with Crippen LogP contribution in [-0.4, -0.2) is 35.8 Å². The number of rotatable bonds is 5. The van der Waals surface area contributed by atoms with E-state index >= 15 is 0 Å². The molecule has 1 aromatic rings. The molecule has 0 amide bonds. The second-order valence-electron chi connectivity index (χ2n) is 3.58. The molecule has 98 valence electrons. The first-order chi connectivity index (χ1) is 8.29. The van der Waals surface area contributed by atoms with Crippen LogP contribution in [0.25, 0.3) is 0 Å². The second kappa shape index (κ2) is 5.20. The van der Waals surface area contributed by atoms with Crippen molar-refractivity contribution in [1.29, 1.82) is 0 Å². The van der Waals surface area contributed by atoms with Crippen LogP contribution in [0.5, 0.6) is 0 Å². The molecule has 0 aromatic carbocycles. The molecule has 0 unspecified atom stereocenters. The van der Waals surface area contributed by atoms with Crippen molar-refractivity contribution in [2.45, 2.75) is 25.3 Å². The van der Waals surface area contributed by atoms with Gasteiger partial charge in [0.25, 0.3) is 0 Å². The number of aliphatic carboxylic acids is 1. The van der Waals surface area contributed by atoms with Crippen LogP contribution in [-0.2, 0) is 21.4 Å². The van der Waals surface area contributed by atoms with Gasteiger partial charge in [-0.2, -0.15) is 9.82 Å². The van der Waals surface area contributed by atoms with E-state index in [1.807, 2.05) is 0 Å². The Balaban J connectivity index is 3.22. The first-order valence-electron chi connectivity index (χ1n) is 4.98. The molecule has 0 aliphatic carbocycles. The number of aromatic nitrogens is 2. The van der Waals surface area contributed by atoms with Gasteiger partial charge in [-0.15, -0.1) is 6.42 Å². The summed E-state index contributed by atoms with van der Waals surface area (Å²) in [5, 5.41) is 12.6. The van der Waals surface area contributed by atoms with Crippen molar-refractivity contribution in [3.8, 4) is 12.3 Å². The Morgan fingerprint density at radius 3 is 2.67 bits per heavy atom. The fourth-order valence-corrected chi connectivity index (χ4v) is 2.90. The summed E-state index contributed by atoms with van der Waals surface area (Å²) in [4.78, 5) is 10.6. The van der Waals surface area contributed by atoms with E-state index in [1.54, 1.807) is 0 Å². The van der Waals surface area contributed by atoms with Crippen molar-refractivity contribution in [3.05, 3.63) is 11.4 Å². The third-order valence-corrected chi connectivity index (χ3v) is 3.89. The van der Waals surface area contributed by atoms with Crippen molar-refractivity contribution >= 4 is 16.0 Å². The monoisotopic (exact) mass is 271 g/mol. The summed E-state index contributed by atoms with van der Waals surface area (Å²) in [6.45, 7) is 2.46. The van der Waals surface area contributed by atoms with Crippen LogP contribution in [0.4, 0.5) is 0 Å². The van der Waals surface area contributed by atoms with Crippen molar-refractivity contribution in [3.63, 3.8) is 0 Å². The Hall–Kier alpha value is -1.85. The fraction of sp³-hybridized carbons (Fsp3) is 0.400. The molecule has 1 aromatic heterocycles. The van der Waals surface area contributed by atoms with Gasteiger partial charge >= 0.3 is 5.97 Å². The van der Waals surface area contributed by atoms with E-state index in [-0.39, 0.29) is 22.8 Å². The Bertz CT molecular complexity index is 610. The summed E-state index contributed by atoms with van der Waals surface area (Å²) in [6, 6.07) is 0. The van der Waals surface area contributed by atoms with Crippen LogP contribution in [0.2, 0.25) is 0 Å². The van der Waals surface area contributed by atoms with Gasteiger partial charge in [0.05, 0.1) is 17.9 Å². The van der Waals surface area contributed by atoms with Gasteiger partial charge in [0, 0.05) is 0 Å². The summed E-state index contributed by atoms with van der Waals surface area (Å²) in [6.07, 6.45) is 4.99. The number of carboxylic acids is 1. The SMILES string of the molecule is C#CCNS(=O)(=O)c1c(C)nn(CC(=O)O)c1C. The van der Waals surface area contributed by atoms with Gasteiger partial charge in [-0.25, -0.2) is 8.42 Å². The molecule has 0 aliphatic rings. The maximum Gasteiger partial charge on any atom is 0.325 e. The summed E-state index contributed by atoms with van der Waals surface area (Å²) in [7, 11) is -3.77. The number of carbonyl (C=O) groups is 1. The zero-order valence-corrected chi connectivity index (χ0v) is 10.8. The van der Waals surface area contributed by atoms with E-state index in [9.17, 15) is 13.2 Å². The lowest BCUT2D eigenvalue weighted by molar-refractivity contribution is -0.137. The van der Waals surface area contributed by atoms with Crippen LogP contribution in [0.3, 0.4) is 0 Å². The first kappa shape index (κ1) is 14.2. The van der Waals surface area contributed by atoms with Gasteiger partial charge in [-0.3, -0.25) is 9.48 Å². The molecule has 0 bridgehead atoms. The third kappa shape index (κ3) is 2.88. The topological polar surface area (TPSA) is 101 Å². The highest BCUT2D eigenvalue weighted by Gasteiger charge is 2.24. The number of nitrogens with zero attached hydrogens (tertiary/aromatic N) is 2. The van der Waals surface area contributed by atoms with Crippen LogP contribution >= 0.6 is 0 Å². The highest BCUT2D eigenvalue weighted by Crippen LogP contribution is 2.18. The number of nitrogens with one attached hydrogen (secondary N) is 1. The maximum absolute atomic E-state index is 11.9. The summed E-state index contributed by atoms with van der Waals surface area (Å²) >= 11 is 0. The molecule has 0 atom stereocenters. The van der Waals surface area contributed by atoms with Crippen molar-refractivity contribution in [1.82, 2.24) is 14.5 Å². The molecule has 0 saturated carbocycles. The lowest BCUT2D eigenvalue weighted by Crippen LogP contribution is -2.25. The lowest BCUT2D eigenvalue weighted by Gasteiger charge is -2.04. The molecule has 8 heteroatoms. The molecule has 0 saturated heterocycles. The van der Waals surface area contributed by atoms with Crippen LogP contribution in [0.1, 0.15) is 11.4 Å². The number of hydrogen-bond donors (Lipinski definition) is 2. The number of terminal acetylenes is 1. The first-order valence-corrected chi connectivity index (χ1v) is 6.47. The Morgan fingerprint density at radius 2 is 2.17 bits per heavy atom. The molecule has 18 heavy (non-hydrogen) atoms. The average Bonchev–Trinajstić information content (AvgIpc) is 2.51. The molecule has 0 radical (unpaired) electrons. The molecule has 2 N–H and O–H groups in total. The van der Waals surface area contributed by atoms with Gasteiger partial charge in [0.2, 0.25) is 10.0 Å². The van der Waals surface area contributed by atoms with Gasteiger partial charge in [-0.05, 0) is 13.8 Å². The minimum Gasteiger partial charge on any atom is -0.480 e. The highest BCUT2D eigenvalue weighted by atomic mass is 32.2. The molecule has 0 aliphatic heterocycles. The number of sulfonamides is 1. The van der Waals surface area contributed by atoms with Crippen LogP contribution in [0, 0.1) is 26.2 Å². The van der Waals surface area contributed by atoms with E-state index in [1.165, 1.54) is 13.8 Å². The second-order valence-corrected chi connectivity index (χ2v) is 5.28. The smallest absolute Gasteiger partial charge is 0.325 e. The Labute approximate surface area is 105 Å². The van der Waals surface area contributed by atoms with E-state index in [4.69, 9.17) is 11.5 Å². The van der Waals surface area contributed by atoms with E-state index in [2.05, 4.69) is 15.7 Å². The zero-order chi connectivity index (χ0) is 13.9. The Kier molecular flexibility index (Phi) is 4.11. The lowest BCUT2D eigenvalue weighted by atomic mass is 10.4. The molecule has 0 spiro atoms. The predicted molar refractivity (Wildman–Crippen MR) is 63.4 cm³/mol. The molecule has 1 heterocycles. The molecular weight excluding hydrogens is 258 g/mol. The summed E-state index contributed by atoms with van der Waals surface area (Å²) in [5.41, 5.74) is 0.498. The molecule has 7 nitrogen and oxygen atoms in total. The molecule has 1 rings (SSSR count). The quantitative estimate of drug-likeness (QED) is 0.703. The zero-order valence-electron chi connectivity index (χ0n) is 9.97. The minimum absolute atomic E-state index is 0.0287. The average molecular weight is 271 g/mol. The van der Waals surface area contributed by atoms with Crippen LogP contribution < -0.4 is 4.72 Å². The van der Waals surface area contributed by atoms with E-state index < -0.39 is 22.5 Å². The maximum atomic E-state index is 11.9. The molecular formula is C10H13N3O4S. The normalized spacial score (nSPS) is 11.2.